The Bertz CT molecular complexity index is 671. The van der Waals surface area contributed by atoms with Crippen LogP contribution in [0.1, 0.15) is 12.7 Å². The average Bonchev–Trinajstić information content (AvgIpc) is 2.96. The summed E-state index contributed by atoms with van der Waals surface area (Å²) in [6, 6.07) is 4.05. The first-order valence-electron chi connectivity index (χ1n) is 8.24. The molecule has 1 aliphatic rings. The monoisotopic (exact) mass is 328 g/mol. The van der Waals surface area contributed by atoms with E-state index in [2.05, 4.69) is 36.6 Å². The van der Waals surface area contributed by atoms with Gasteiger partial charge >= 0.3 is 0 Å². The maximum Gasteiger partial charge on any atom is 0.238 e. The maximum absolute atomic E-state index is 12.2. The second-order valence-electron chi connectivity index (χ2n) is 6.30. The lowest BCUT2D eigenvalue weighted by Gasteiger charge is -2.39. The van der Waals surface area contributed by atoms with Crippen molar-refractivity contribution in [1.29, 1.82) is 0 Å². The Labute approximate surface area is 142 Å². The van der Waals surface area contributed by atoms with Crippen LogP contribution in [0, 0.1) is 0 Å². The first kappa shape index (κ1) is 16.6. The van der Waals surface area contributed by atoms with Crippen molar-refractivity contribution in [3.05, 3.63) is 42.7 Å². The van der Waals surface area contributed by atoms with Gasteiger partial charge in [0.25, 0.3) is 0 Å². The molecule has 7 nitrogen and oxygen atoms in total. The third kappa shape index (κ3) is 4.18. The number of imidazole rings is 1. The summed E-state index contributed by atoms with van der Waals surface area (Å²) in [6.45, 7) is 6.16. The van der Waals surface area contributed by atoms with Gasteiger partial charge in [0, 0.05) is 51.3 Å². The fourth-order valence-electron chi connectivity index (χ4n) is 3.02. The molecule has 2 aromatic rings. The second-order valence-corrected chi connectivity index (χ2v) is 6.30. The molecule has 2 aromatic heterocycles. The number of aromatic nitrogens is 3. The van der Waals surface area contributed by atoms with Crippen molar-refractivity contribution in [3.8, 4) is 0 Å². The van der Waals surface area contributed by atoms with Gasteiger partial charge < -0.3 is 9.88 Å². The largest absolute Gasteiger partial charge is 0.337 e. The highest BCUT2D eigenvalue weighted by Gasteiger charge is 2.25. The van der Waals surface area contributed by atoms with Gasteiger partial charge in [-0.05, 0) is 19.1 Å². The number of piperazine rings is 1. The second kappa shape index (κ2) is 7.55. The molecular formula is C17H24N6O. The van der Waals surface area contributed by atoms with Gasteiger partial charge in [0.05, 0.1) is 25.0 Å². The zero-order valence-corrected chi connectivity index (χ0v) is 14.2. The van der Waals surface area contributed by atoms with Crippen LogP contribution in [-0.2, 0) is 18.4 Å². The molecule has 1 saturated heterocycles. The Morgan fingerprint density at radius 1 is 1.38 bits per heavy atom. The number of carbonyl (C=O) groups excluding carboxylic acids is 1. The lowest BCUT2D eigenvalue weighted by molar-refractivity contribution is -0.118. The number of nitrogens with one attached hydrogen (secondary N) is 1. The summed E-state index contributed by atoms with van der Waals surface area (Å²) in [6.07, 6.45) is 7.15. The molecule has 0 bridgehead atoms. The number of pyridine rings is 1. The van der Waals surface area contributed by atoms with Crippen LogP contribution in [0.15, 0.2) is 36.9 Å². The van der Waals surface area contributed by atoms with Crippen molar-refractivity contribution in [2.24, 2.45) is 7.05 Å². The fraction of sp³-hybridized carbons (Fsp3) is 0.471. The molecule has 1 fully saturated rings. The summed E-state index contributed by atoms with van der Waals surface area (Å²) in [5, 5.41) is 2.89. The summed E-state index contributed by atoms with van der Waals surface area (Å²) in [5.74, 6) is 1.08. The molecule has 128 valence electrons. The molecule has 0 unspecified atom stereocenters. The Kier molecular flexibility index (Phi) is 5.22. The SMILES string of the molecule is C[C@H]1CN(CC(=O)Nc2cccnc2)CCN1Cc1nccn1C. The Balaban J connectivity index is 1.48. The molecule has 24 heavy (non-hydrogen) atoms. The van der Waals surface area contributed by atoms with Crippen molar-refractivity contribution in [1.82, 2.24) is 24.3 Å². The van der Waals surface area contributed by atoms with E-state index in [4.69, 9.17) is 0 Å². The molecule has 0 spiro atoms. The number of hydrogen-bond donors (Lipinski definition) is 1. The fourth-order valence-corrected chi connectivity index (χ4v) is 3.02. The third-order valence-corrected chi connectivity index (χ3v) is 4.43. The van der Waals surface area contributed by atoms with E-state index < -0.39 is 0 Å². The summed E-state index contributed by atoms with van der Waals surface area (Å²) in [5.41, 5.74) is 0.740. The number of rotatable bonds is 5. The van der Waals surface area contributed by atoms with E-state index in [-0.39, 0.29) is 5.91 Å². The van der Waals surface area contributed by atoms with Gasteiger partial charge in [-0.15, -0.1) is 0 Å². The molecule has 1 N–H and O–H groups in total. The van der Waals surface area contributed by atoms with E-state index in [1.165, 1.54) is 0 Å². The average molecular weight is 328 g/mol. The standard InChI is InChI=1S/C17H24N6O/c1-14-11-22(13-17(24)20-15-4-3-5-18-10-15)8-9-23(14)12-16-19-6-7-21(16)2/h3-7,10,14H,8-9,11-13H2,1-2H3,(H,20,24)/t14-/m0/s1. The quantitative estimate of drug-likeness (QED) is 0.885. The highest BCUT2D eigenvalue weighted by atomic mass is 16.2. The molecule has 1 amide bonds. The topological polar surface area (TPSA) is 66.3 Å². The molecule has 0 saturated carbocycles. The molecule has 3 heterocycles. The van der Waals surface area contributed by atoms with Gasteiger partial charge in [0.1, 0.15) is 5.82 Å². The van der Waals surface area contributed by atoms with E-state index in [0.717, 1.165) is 37.7 Å². The number of amides is 1. The van der Waals surface area contributed by atoms with Gasteiger partial charge in [0.2, 0.25) is 5.91 Å². The predicted molar refractivity (Wildman–Crippen MR) is 92.4 cm³/mol. The first-order valence-corrected chi connectivity index (χ1v) is 8.24. The minimum Gasteiger partial charge on any atom is -0.337 e. The van der Waals surface area contributed by atoms with Crippen molar-refractivity contribution in [3.63, 3.8) is 0 Å². The smallest absolute Gasteiger partial charge is 0.238 e. The number of aryl methyl sites for hydroxylation is 1. The predicted octanol–water partition coefficient (Wildman–Crippen LogP) is 0.960. The van der Waals surface area contributed by atoms with E-state index >= 15 is 0 Å². The minimum absolute atomic E-state index is 0.00718. The van der Waals surface area contributed by atoms with Crippen LogP contribution < -0.4 is 5.32 Å². The number of nitrogens with zero attached hydrogens (tertiary/aromatic N) is 5. The lowest BCUT2D eigenvalue weighted by atomic mass is 10.2. The highest BCUT2D eigenvalue weighted by molar-refractivity contribution is 5.92. The molecule has 1 aliphatic heterocycles. The van der Waals surface area contributed by atoms with Gasteiger partial charge in [-0.3, -0.25) is 19.6 Å². The van der Waals surface area contributed by atoms with Crippen LogP contribution >= 0.6 is 0 Å². The minimum atomic E-state index is 0.00718. The summed E-state index contributed by atoms with van der Waals surface area (Å²) < 4.78 is 2.06. The van der Waals surface area contributed by atoms with Gasteiger partial charge in [-0.2, -0.15) is 0 Å². The van der Waals surface area contributed by atoms with E-state index in [1.54, 1.807) is 12.4 Å². The van der Waals surface area contributed by atoms with Crippen molar-refractivity contribution < 1.29 is 4.79 Å². The van der Waals surface area contributed by atoms with Crippen LogP contribution in [0.4, 0.5) is 5.69 Å². The van der Waals surface area contributed by atoms with Gasteiger partial charge in [0.15, 0.2) is 0 Å². The zero-order valence-electron chi connectivity index (χ0n) is 14.2. The molecule has 0 aliphatic carbocycles. The Hall–Kier alpha value is -2.25. The van der Waals surface area contributed by atoms with E-state index in [9.17, 15) is 4.79 Å². The van der Waals surface area contributed by atoms with E-state index in [0.29, 0.717) is 12.6 Å². The maximum atomic E-state index is 12.2. The van der Waals surface area contributed by atoms with Crippen LogP contribution in [0.5, 0.6) is 0 Å². The number of hydrogen-bond acceptors (Lipinski definition) is 5. The van der Waals surface area contributed by atoms with Gasteiger partial charge in [-0.1, -0.05) is 0 Å². The molecule has 7 heteroatoms. The normalized spacial score (nSPS) is 19.3. The summed E-state index contributed by atoms with van der Waals surface area (Å²) in [7, 11) is 2.02. The first-order chi connectivity index (χ1) is 11.6. The number of carbonyl (C=O) groups is 1. The van der Waals surface area contributed by atoms with E-state index in [1.807, 2.05) is 31.6 Å². The number of anilines is 1. The molecule has 0 radical (unpaired) electrons. The summed E-state index contributed by atoms with van der Waals surface area (Å²) in [4.78, 5) is 25.2. The molecule has 1 atom stereocenters. The zero-order chi connectivity index (χ0) is 16.9. The van der Waals surface area contributed by atoms with Crippen molar-refractivity contribution >= 4 is 11.6 Å². The Morgan fingerprint density at radius 2 is 2.25 bits per heavy atom. The van der Waals surface area contributed by atoms with Crippen molar-refractivity contribution in [2.75, 3.05) is 31.5 Å². The molecular weight excluding hydrogens is 304 g/mol. The molecule has 0 aromatic carbocycles. The van der Waals surface area contributed by atoms with Gasteiger partial charge in [-0.25, -0.2) is 4.98 Å². The summed E-state index contributed by atoms with van der Waals surface area (Å²) >= 11 is 0. The van der Waals surface area contributed by atoms with Crippen LogP contribution in [-0.4, -0.2) is 62.5 Å². The Morgan fingerprint density at radius 3 is 2.92 bits per heavy atom. The molecule has 3 rings (SSSR count). The van der Waals surface area contributed by atoms with Crippen LogP contribution in [0.3, 0.4) is 0 Å². The van der Waals surface area contributed by atoms with Crippen LogP contribution in [0.2, 0.25) is 0 Å². The third-order valence-electron chi connectivity index (χ3n) is 4.43. The van der Waals surface area contributed by atoms with Crippen molar-refractivity contribution in [2.45, 2.75) is 19.5 Å². The van der Waals surface area contributed by atoms with Crippen LogP contribution in [0.25, 0.3) is 0 Å². The highest BCUT2D eigenvalue weighted by Crippen LogP contribution is 2.13. The lowest BCUT2D eigenvalue weighted by Crippen LogP contribution is -2.53.